The molecule has 2 rings (SSSR count). The number of thiophene rings is 1. The molecule has 0 aliphatic carbocycles. The van der Waals surface area contributed by atoms with Crippen LogP contribution < -0.4 is 4.74 Å². The molecule has 1 aliphatic heterocycles. The number of nitrogens with zero attached hydrogens (tertiary/aromatic N) is 1. The standard InChI is InChI=1S/C13H19NOS/c1-8(2)7-11-9(3)12-10(4)14-5-6-15-13(12)16-11/h8H,5-7H2,1-4H3. The van der Waals surface area contributed by atoms with Crippen LogP contribution in [0.2, 0.25) is 0 Å². The third kappa shape index (κ3) is 2.14. The number of rotatable bonds is 2. The van der Waals surface area contributed by atoms with Gasteiger partial charge < -0.3 is 4.74 Å². The topological polar surface area (TPSA) is 21.6 Å². The number of hydrogen-bond donors (Lipinski definition) is 0. The molecule has 0 saturated carbocycles. The Morgan fingerprint density at radius 3 is 2.81 bits per heavy atom. The lowest BCUT2D eigenvalue weighted by Gasteiger charge is -2.04. The first-order valence-corrected chi connectivity index (χ1v) is 6.67. The van der Waals surface area contributed by atoms with Gasteiger partial charge in [0, 0.05) is 10.6 Å². The van der Waals surface area contributed by atoms with Gasteiger partial charge in [0.1, 0.15) is 6.61 Å². The van der Waals surface area contributed by atoms with Crippen LogP contribution in [0.25, 0.3) is 0 Å². The van der Waals surface area contributed by atoms with Crippen molar-refractivity contribution >= 4 is 17.0 Å². The Morgan fingerprint density at radius 2 is 2.12 bits per heavy atom. The van der Waals surface area contributed by atoms with Crippen molar-refractivity contribution in [3.8, 4) is 5.06 Å². The largest absolute Gasteiger partial charge is 0.481 e. The molecule has 2 heterocycles. The summed E-state index contributed by atoms with van der Waals surface area (Å²) in [6.45, 7) is 10.3. The maximum absolute atomic E-state index is 5.77. The van der Waals surface area contributed by atoms with E-state index in [1.165, 1.54) is 16.0 Å². The lowest BCUT2D eigenvalue weighted by atomic mass is 10.0. The summed E-state index contributed by atoms with van der Waals surface area (Å²) < 4.78 is 5.77. The SMILES string of the molecule is CC1=NCCOc2sc(CC(C)C)c(C)c21. The van der Waals surface area contributed by atoms with E-state index in [4.69, 9.17) is 4.74 Å². The summed E-state index contributed by atoms with van der Waals surface area (Å²) in [7, 11) is 0. The average Bonchev–Trinajstić information content (AvgIpc) is 2.40. The third-order valence-corrected chi connectivity index (χ3v) is 4.07. The van der Waals surface area contributed by atoms with Gasteiger partial charge in [-0.1, -0.05) is 13.8 Å². The van der Waals surface area contributed by atoms with Crippen molar-refractivity contribution < 1.29 is 4.74 Å². The highest BCUT2D eigenvalue weighted by Gasteiger charge is 2.20. The van der Waals surface area contributed by atoms with E-state index in [9.17, 15) is 0 Å². The number of ether oxygens (including phenoxy) is 1. The van der Waals surface area contributed by atoms with Gasteiger partial charge in [-0.05, 0) is 31.7 Å². The smallest absolute Gasteiger partial charge is 0.183 e. The van der Waals surface area contributed by atoms with Crippen molar-refractivity contribution in [1.29, 1.82) is 0 Å². The molecule has 1 aromatic rings. The molecule has 3 heteroatoms. The van der Waals surface area contributed by atoms with Crippen LogP contribution in [-0.4, -0.2) is 18.9 Å². The number of hydrogen-bond acceptors (Lipinski definition) is 3. The Bertz CT molecular complexity index is 418. The van der Waals surface area contributed by atoms with Crippen LogP contribution in [0.3, 0.4) is 0 Å². The van der Waals surface area contributed by atoms with E-state index >= 15 is 0 Å². The molecule has 88 valence electrons. The highest BCUT2D eigenvalue weighted by molar-refractivity contribution is 7.14. The fourth-order valence-electron chi connectivity index (χ4n) is 2.05. The third-order valence-electron chi connectivity index (χ3n) is 2.84. The molecule has 16 heavy (non-hydrogen) atoms. The first-order chi connectivity index (χ1) is 7.59. The highest BCUT2D eigenvalue weighted by Crippen LogP contribution is 2.37. The van der Waals surface area contributed by atoms with Gasteiger partial charge in [-0.15, -0.1) is 11.3 Å². The number of aliphatic imine (C=N–C) groups is 1. The molecule has 0 N–H and O–H groups in total. The Balaban J connectivity index is 2.42. The second-order valence-corrected chi connectivity index (χ2v) is 5.79. The Labute approximate surface area is 101 Å². The zero-order chi connectivity index (χ0) is 11.7. The van der Waals surface area contributed by atoms with Crippen LogP contribution in [0.1, 0.15) is 36.8 Å². The molecular weight excluding hydrogens is 218 g/mol. The lowest BCUT2D eigenvalue weighted by molar-refractivity contribution is 0.341. The van der Waals surface area contributed by atoms with Crippen molar-refractivity contribution in [3.63, 3.8) is 0 Å². The van der Waals surface area contributed by atoms with Gasteiger partial charge in [-0.3, -0.25) is 4.99 Å². The minimum absolute atomic E-state index is 0.693. The quantitative estimate of drug-likeness (QED) is 0.772. The Hall–Kier alpha value is -0.830. The Kier molecular flexibility index (Phi) is 3.33. The predicted octanol–water partition coefficient (Wildman–Crippen LogP) is 3.46. The summed E-state index contributed by atoms with van der Waals surface area (Å²) in [6, 6.07) is 0. The summed E-state index contributed by atoms with van der Waals surface area (Å²) in [4.78, 5) is 5.97. The van der Waals surface area contributed by atoms with E-state index < -0.39 is 0 Å². The van der Waals surface area contributed by atoms with E-state index in [1.54, 1.807) is 11.3 Å². The summed E-state index contributed by atoms with van der Waals surface area (Å²) in [6.07, 6.45) is 1.14. The molecule has 1 aromatic heterocycles. The molecule has 0 atom stereocenters. The van der Waals surface area contributed by atoms with Crippen molar-refractivity contribution in [2.24, 2.45) is 10.9 Å². The van der Waals surface area contributed by atoms with E-state index in [2.05, 4.69) is 32.7 Å². The lowest BCUT2D eigenvalue weighted by Crippen LogP contribution is -1.98. The molecule has 1 aliphatic rings. The van der Waals surface area contributed by atoms with Crippen LogP contribution in [0, 0.1) is 12.8 Å². The zero-order valence-electron chi connectivity index (χ0n) is 10.5. The molecule has 0 saturated heterocycles. The van der Waals surface area contributed by atoms with E-state index in [-0.39, 0.29) is 0 Å². The van der Waals surface area contributed by atoms with Gasteiger partial charge in [-0.25, -0.2) is 0 Å². The second-order valence-electron chi connectivity index (χ2n) is 4.73. The predicted molar refractivity (Wildman–Crippen MR) is 70.2 cm³/mol. The molecule has 0 amide bonds. The van der Waals surface area contributed by atoms with E-state index in [1.807, 2.05) is 0 Å². The summed E-state index contributed by atoms with van der Waals surface area (Å²) >= 11 is 1.80. The van der Waals surface area contributed by atoms with Crippen LogP contribution in [0.15, 0.2) is 4.99 Å². The Morgan fingerprint density at radius 1 is 1.38 bits per heavy atom. The molecule has 0 aromatic carbocycles. The fourth-order valence-corrected chi connectivity index (χ4v) is 3.49. The van der Waals surface area contributed by atoms with Gasteiger partial charge in [0.15, 0.2) is 5.06 Å². The summed E-state index contributed by atoms with van der Waals surface area (Å²) in [5.41, 5.74) is 3.76. The maximum atomic E-state index is 5.77. The molecule has 0 unspecified atom stereocenters. The van der Waals surface area contributed by atoms with E-state index in [0.29, 0.717) is 12.5 Å². The van der Waals surface area contributed by atoms with Gasteiger partial charge in [0.2, 0.25) is 0 Å². The van der Waals surface area contributed by atoms with Crippen molar-refractivity contribution in [2.75, 3.05) is 13.2 Å². The van der Waals surface area contributed by atoms with Gasteiger partial charge >= 0.3 is 0 Å². The minimum Gasteiger partial charge on any atom is -0.481 e. The van der Waals surface area contributed by atoms with Crippen LogP contribution >= 0.6 is 11.3 Å². The second kappa shape index (κ2) is 4.58. The highest BCUT2D eigenvalue weighted by atomic mass is 32.1. The van der Waals surface area contributed by atoms with Gasteiger partial charge in [-0.2, -0.15) is 0 Å². The number of fused-ring (bicyclic) bond motifs is 1. The van der Waals surface area contributed by atoms with Crippen LogP contribution in [-0.2, 0) is 6.42 Å². The monoisotopic (exact) mass is 237 g/mol. The first-order valence-electron chi connectivity index (χ1n) is 5.86. The van der Waals surface area contributed by atoms with Crippen LogP contribution in [0.4, 0.5) is 0 Å². The van der Waals surface area contributed by atoms with Crippen molar-refractivity contribution in [1.82, 2.24) is 0 Å². The molecule has 0 radical (unpaired) electrons. The summed E-state index contributed by atoms with van der Waals surface area (Å²) in [5.74, 6) is 0.693. The van der Waals surface area contributed by atoms with E-state index in [0.717, 1.165) is 23.7 Å². The average molecular weight is 237 g/mol. The van der Waals surface area contributed by atoms with Crippen molar-refractivity contribution in [3.05, 3.63) is 16.0 Å². The normalized spacial score (nSPS) is 15.4. The molecule has 0 spiro atoms. The summed E-state index contributed by atoms with van der Waals surface area (Å²) in [5, 5.41) is 1.08. The molecule has 0 bridgehead atoms. The molecular formula is C13H19NOS. The van der Waals surface area contributed by atoms with Gasteiger partial charge in [0.25, 0.3) is 0 Å². The zero-order valence-corrected chi connectivity index (χ0v) is 11.3. The maximum Gasteiger partial charge on any atom is 0.183 e. The van der Waals surface area contributed by atoms with Crippen molar-refractivity contribution in [2.45, 2.75) is 34.1 Å². The minimum atomic E-state index is 0.693. The van der Waals surface area contributed by atoms with Crippen LogP contribution in [0.5, 0.6) is 5.06 Å². The first kappa shape index (κ1) is 11.6. The fraction of sp³-hybridized carbons (Fsp3) is 0.615. The molecule has 0 fully saturated rings. The van der Waals surface area contributed by atoms with Gasteiger partial charge in [0.05, 0.1) is 12.1 Å². The molecule has 2 nitrogen and oxygen atoms in total.